The number of rotatable bonds is 9. The van der Waals surface area contributed by atoms with Crippen LogP contribution in [0.3, 0.4) is 0 Å². The molecule has 0 aliphatic heterocycles. The van der Waals surface area contributed by atoms with Crippen LogP contribution in [0.2, 0.25) is 5.02 Å². The molecule has 184 valence electrons. The van der Waals surface area contributed by atoms with Gasteiger partial charge in [-0.15, -0.1) is 0 Å². The number of nitrogens with zero attached hydrogens (tertiary/aromatic N) is 1. The van der Waals surface area contributed by atoms with Crippen molar-refractivity contribution in [1.82, 2.24) is 0 Å². The Morgan fingerprint density at radius 3 is 2.42 bits per heavy atom. The maximum Gasteiger partial charge on any atom is 0.266 e. The van der Waals surface area contributed by atoms with E-state index in [4.69, 9.17) is 21.1 Å². The number of hydrogen-bond acceptors (Lipinski definition) is 5. The van der Waals surface area contributed by atoms with E-state index in [1.165, 1.54) is 36.4 Å². The molecule has 0 saturated carbocycles. The number of ether oxygens (including phenoxy) is 2. The van der Waals surface area contributed by atoms with Crippen LogP contribution in [0.1, 0.15) is 18.1 Å². The highest BCUT2D eigenvalue weighted by atomic mass is 35.5. The lowest BCUT2D eigenvalue weighted by Crippen LogP contribution is -2.21. The molecule has 0 fully saturated rings. The first kappa shape index (κ1) is 26.3. The average molecular weight is 508 g/mol. The molecule has 0 spiro atoms. The van der Waals surface area contributed by atoms with Crippen LogP contribution in [0.25, 0.3) is 6.08 Å². The monoisotopic (exact) mass is 507 g/mol. The summed E-state index contributed by atoms with van der Waals surface area (Å²) in [7, 11) is 0. The van der Waals surface area contributed by atoms with Crippen LogP contribution in [0.4, 0.5) is 15.8 Å². The average Bonchev–Trinajstić information content (AvgIpc) is 2.85. The van der Waals surface area contributed by atoms with E-state index in [1.54, 1.807) is 25.1 Å². The Morgan fingerprint density at radius 1 is 1.06 bits per heavy atom. The summed E-state index contributed by atoms with van der Waals surface area (Å²) >= 11 is 6.39. The molecule has 36 heavy (non-hydrogen) atoms. The van der Waals surface area contributed by atoms with E-state index in [-0.39, 0.29) is 34.4 Å². The molecule has 0 radical (unpaired) electrons. The van der Waals surface area contributed by atoms with Gasteiger partial charge in [-0.05, 0) is 61.4 Å². The zero-order valence-electron chi connectivity index (χ0n) is 19.6. The first-order valence-corrected chi connectivity index (χ1v) is 11.3. The van der Waals surface area contributed by atoms with Gasteiger partial charge in [0.25, 0.3) is 11.8 Å². The van der Waals surface area contributed by atoms with Gasteiger partial charge in [0.05, 0.1) is 17.3 Å². The van der Waals surface area contributed by atoms with Gasteiger partial charge in [-0.3, -0.25) is 9.59 Å². The number of amides is 2. The van der Waals surface area contributed by atoms with E-state index in [0.29, 0.717) is 11.3 Å². The molecule has 0 aliphatic rings. The topological polar surface area (TPSA) is 100 Å². The highest BCUT2D eigenvalue weighted by Crippen LogP contribution is 2.37. The number of nitriles is 1. The minimum Gasteiger partial charge on any atom is -0.490 e. The van der Waals surface area contributed by atoms with Crippen molar-refractivity contribution in [2.24, 2.45) is 0 Å². The minimum atomic E-state index is -0.595. The Balaban J connectivity index is 1.79. The van der Waals surface area contributed by atoms with Crippen LogP contribution in [-0.2, 0) is 9.59 Å². The van der Waals surface area contributed by atoms with Gasteiger partial charge in [-0.2, -0.15) is 5.26 Å². The predicted molar refractivity (Wildman–Crippen MR) is 137 cm³/mol. The number of aryl methyl sites for hydroxylation is 1. The molecule has 0 heterocycles. The van der Waals surface area contributed by atoms with Gasteiger partial charge < -0.3 is 20.1 Å². The largest absolute Gasteiger partial charge is 0.490 e. The van der Waals surface area contributed by atoms with Crippen molar-refractivity contribution in [2.75, 3.05) is 23.8 Å². The number of carbonyl (C=O) groups is 2. The number of halogens is 2. The molecule has 7 nitrogen and oxygen atoms in total. The summed E-state index contributed by atoms with van der Waals surface area (Å²) in [6.07, 6.45) is 1.37. The number of nitrogens with one attached hydrogen (secondary N) is 2. The van der Waals surface area contributed by atoms with Crippen LogP contribution in [0.5, 0.6) is 11.5 Å². The molecule has 2 amide bonds. The second-order valence-corrected chi connectivity index (χ2v) is 7.93. The van der Waals surface area contributed by atoms with E-state index in [1.807, 2.05) is 25.1 Å². The molecule has 3 aromatic rings. The molecule has 0 aromatic heterocycles. The van der Waals surface area contributed by atoms with Crippen molar-refractivity contribution < 1.29 is 23.5 Å². The van der Waals surface area contributed by atoms with Gasteiger partial charge in [0.2, 0.25) is 0 Å². The Kier molecular flexibility index (Phi) is 9.03. The van der Waals surface area contributed by atoms with Crippen molar-refractivity contribution in [1.29, 1.82) is 5.26 Å². The normalized spacial score (nSPS) is 10.8. The van der Waals surface area contributed by atoms with E-state index < -0.39 is 24.2 Å². The maximum absolute atomic E-state index is 13.8. The van der Waals surface area contributed by atoms with Crippen molar-refractivity contribution >= 4 is 40.9 Å². The fourth-order valence-corrected chi connectivity index (χ4v) is 3.45. The molecule has 0 unspecified atom stereocenters. The molecule has 0 atom stereocenters. The zero-order chi connectivity index (χ0) is 26.1. The summed E-state index contributed by atoms with van der Waals surface area (Å²) in [6, 6.07) is 17.9. The maximum atomic E-state index is 13.8. The molecule has 3 aromatic carbocycles. The van der Waals surface area contributed by atoms with Crippen molar-refractivity contribution in [3.05, 3.63) is 88.2 Å². The summed E-state index contributed by atoms with van der Waals surface area (Å²) in [5, 5.41) is 14.8. The van der Waals surface area contributed by atoms with Gasteiger partial charge >= 0.3 is 0 Å². The third-order valence-electron chi connectivity index (χ3n) is 4.90. The molecular weight excluding hydrogens is 485 g/mol. The van der Waals surface area contributed by atoms with E-state index in [0.717, 1.165) is 5.56 Å². The van der Waals surface area contributed by atoms with Gasteiger partial charge in [0.1, 0.15) is 17.5 Å². The third-order valence-corrected chi connectivity index (χ3v) is 5.18. The van der Waals surface area contributed by atoms with Crippen LogP contribution < -0.4 is 20.1 Å². The Hall–Kier alpha value is -4.35. The highest BCUT2D eigenvalue weighted by Gasteiger charge is 2.17. The SMILES string of the molecule is CCOc1cc(/C=C(/C#N)C(=O)Nc2ccccc2C)cc(Cl)c1OCC(=O)Nc1ccccc1F. The van der Waals surface area contributed by atoms with Crippen LogP contribution in [0, 0.1) is 24.1 Å². The Morgan fingerprint density at radius 2 is 1.75 bits per heavy atom. The quantitative estimate of drug-likeness (QED) is 0.284. The summed E-state index contributed by atoms with van der Waals surface area (Å²) in [6.45, 7) is 3.40. The van der Waals surface area contributed by atoms with Gasteiger partial charge in [-0.25, -0.2) is 4.39 Å². The number of benzene rings is 3. The fraction of sp³-hybridized carbons (Fsp3) is 0.148. The smallest absolute Gasteiger partial charge is 0.266 e. The lowest BCUT2D eigenvalue weighted by atomic mass is 10.1. The van der Waals surface area contributed by atoms with E-state index in [9.17, 15) is 19.2 Å². The van der Waals surface area contributed by atoms with Crippen LogP contribution in [-0.4, -0.2) is 25.0 Å². The second-order valence-electron chi connectivity index (χ2n) is 7.52. The zero-order valence-corrected chi connectivity index (χ0v) is 20.4. The van der Waals surface area contributed by atoms with Gasteiger partial charge in [0.15, 0.2) is 18.1 Å². The molecule has 3 rings (SSSR count). The summed E-state index contributed by atoms with van der Waals surface area (Å²) < 4.78 is 24.9. The second kappa shape index (κ2) is 12.4. The molecule has 0 bridgehead atoms. The van der Waals surface area contributed by atoms with Crippen molar-refractivity contribution in [3.8, 4) is 17.6 Å². The van der Waals surface area contributed by atoms with Crippen molar-refractivity contribution in [3.63, 3.8) is 0 Å². The summed E-state index contributed by atoms with van der Waals surface area (Å²) in [5.41, 5.74) is 1.74. The lowest BCUT2D eigenvalue weighted by molar-refractivity contribution is -0.118. The number of para-hydroxylation sites is 2. The standard InChI is InChI=1S/C27H23ClFN3O4/c1-3-35-24-14-18(12-19(15-30)27(34)32-22-10-6-4-8-17(22)2)13-20(28)26(24)36-16-25(33)31-23-11-7-5-9-21(23)29/h4-14H,3,16H2,1-2H3,(H,31,33)(H,32,34)/b19-12-. The summed E-state index contributed by atoms with van der Waals surface area (Å²) in [4.78, 5) is 24.9. The number of anilines is 2. The number of carbonyl (C=O) groups excluding carboxylic acids is 2. The molecule has 0 saturated heterocycles. The van der Waals surface area contributed by atoms with E-state index >= 15 is 0 Å². The lowest BCUT2D eigenvalue weighted by Gasteiger charge is -2.15. The Bertz CT molecular complexity index is 1350. The molecular formula is C27H23ClFN3O4. The fourth-order valence-electron chi connectivity index (χ4n) is 3.18. The number of hydrogen-bond donors (Lipinski definition) is 2. The minimum absolute atomic E-state index is 0.0238. The highest BCUT2D eigenvalue weighted by molar-refractivity contribution is 6.32. The van der Waals surface area contributed by atoms with Gasteiger partial charge in [-0.1, -0.05) is 41.9 Å². The Labute approximate surface area is 213 Å². The summed E-state index contributed by atoms with van der Waals surface area (Å²) in [5.74, 6) is -1.43. The molecule has 0 aliphatic carbocycles. The van der Waals surface area contributed by atoms with Crippen LogP contribution >= 0.6 is 11.6 Å². The van der Waals surface area contributed by atoms with Gasteiger partial charge in [0, 0.05) is 5.69 Å². The third kappa shape index (κ3) is 6.84. The predicted octanol–water partition coefficient (Wildman–Crippen LogP) is 5.75. The van der Waals surface area contributed by atoms with Crippen molar-refractivity contribution in [2.45, 2.75) is 13.8 Å². The molecule has 2 N–H and O–H groups in total. The molecule has 9 heteroatoms. The van der Waals surface area contributed by atoms with E-state index in [2.05, 4.69) is 10.6 Å². The van der Waals surface area contributed by atoms with Crippen LogP contribution in [0.15, 0.2) is 66.2 Å². The first-order chi connectivity index (χ1) is 17.3. The first-order valence-electron chi connectivity index (χ1n) is 10.9.